The van der Waals surface area contributed by atoms with Gasteiger partial charge in [-0.1, -0.05) is 13.0 Å². The summed E-state index contributed by atoms with van der Waals surface area (Å²) in [5.74, 6) is -0.390. The molecular formula is C14H20N2O3. The van der Waals surface area contributed by atoms with E-state index in [9.17, 15) is 14.7 Å². The van der Waals surface area contributed by atoms with Crippen LogP contribution in [-0.2, 0) is 4.79 Å². The predicted molar refractivity (Wildman–Crippen MR) is 74.0 cm³/mol. The summed E-state index contributed by atoms with van der Waals surface area (Å²) in [6.45, 7) is 3.74. The van der Waals surface area contributed by atoms with Crippen molar-refractivity contribution in [2.24, 2.45) is 0 Å². The third-order valence-electron chi connectivity index (χ3n) is 2.68. The number of nitrogens with one attached hydrogen (secondary N) is 2. The fraction of sp³-hybridized carbons (Fsp3) is 0.429. The van der Waals surface area contributed by atoms with Crippen LogP contribution in [-0.4, -0.2) is 29.6 Å². The number of rotatable bonds is 6. The highest BCUT2D eigenvalue weighted by Gasteiger charge is 2.07. The molecule has 1 aromatic carbocycles. The lowest BCUT2D eigenvalue weighted by Crippen LogP contribution is -2.27. The maximum absolute atomic E-state index is 11.8. The molecule has 0 bridgehead atoms. The standard InChI is InChI=1S/C14H20N2O3/c1-3-13(18)7-8-15-14(19)11-5-4-6-12(9-11)16-10(2)17/h4-6,9,13,18H,3,7-8H2,1-2H3,(H,15,19)(H,16,17). The average Bonchev–Trinajstić information content (AvgIpc) is 2.37. The van der Waals surface area contributed by atoms with Gasteiger partial charge in [0.1, 0.15) is 0 Å². The highest BCUT2D eigenvalue weighted by Crippen LogP contribution is 2.10. The van der Waals surface area contributed by atoms with E-state index in [0.29, 0.717) is 30.6 Å². The van der Waals surface area contributed by atoms with Gasteiger partial charge in [0.05, 0.1) is 6.10 Å². The molecule has 5 heteroatoms. The Bertz CT molecular complexity index is 446. The third-order valence-corrected chi connectivity index (χ3v) is 2.68. The van der Waals surface area contributed by atoms with Gasteiger partial charge in [-0.2, -0.15) is 0 Å². The summed E-state index contributed by atoms with van der Waals surface area (Å²) in [6, 6.07) is 6.73. The largest absolute Gasteiger partial charge is 0.393 e. The normalized spacial score (nSPS) is 11.7. The molecule has 19 heavy (non-hydrogen) atoms. The quantitative estimate of drug-likeness (QED) is 0.729. The van der Waals surface area contributed by atoms with Crippen molar-refractivity contribution in [3.05, 3.63) is 29.8 Å². The molecule has 0 aliphatic heterocycles. The SMILES string of the molecule is CCC(O)CCNC(=O)c1cccc(NC(C)=O)c1. The zero-order valence-corrected chi connectivity index (χ0v) is 11.3. The Kier molecular flexibility index (Phi) is 6.02. The topological polar surface area (TPSA) is 78.4 Å². The molecule has 1 aromatic rings. The Morgan fingerprint density at radius 1 is 1.37 bits per heavy atom. The number of aliphatic hydroxyl groups is 1. The van der Waals surface area contributed by atoms with E-state index >= 15 is 0 Å². The lowest BCUT2D eigenvalue weighted by atomic mass is 10.1. The first kappa shape index (κ1) is 15.2. The molecule has 0 heterocycles. The van der Waals surface area contributed by atoms with Crippen LogP contribution >= 0.6 is 0 Å². The fourth-order valence-electron chi connectivity index (χ4n) is 1.60. The number of anilines is 1. The van der Waals surface area contributed by atoms with Crippen LogP contribution in [0.5, 0.6) is 0 Å². The van der Waals surface area contributed by atoms with Crippen LogP contribution < -0.4 is 10.6 Å². The number of carbonyl (C=O) groups is 2. The minimum atomic E-state index is -0.383. The van der Waals surface area contributed by atoms with Crippen molar-refractivity contribution in [2.45, 2.75) is 32.8 Å². The van der Waals surface area contributed by atoms with Crippen molar-refractivity contribution in [1.82, 2.24) is 5.32 Å². The van der Waals surface area contributed by atoms with Crippen molar-refractivity contribution >= 4 is 17.5 Å². The predicted octanol–water partition coefficient (Wildman–Crippen LogP) is 1.54. The number of hydrogen-bond donors (Lipinski definition) is 3. The van der Waals surface area contributed by atoms with E-state index in [1.54, 1.807) is 24.3 Å². The molecule has 0 saturated carbocycles. The van der Waals surface area contributed by atoms with Crippen molar-refractivity contribution in [1.29, 1.82) is 0 Å². The van der Waals surface area contributed by atoms with Gasteiger partial charge in [-0.25, -0.2) is 0 Å². The maximum atomic E-state index is 11.8. The van der Waals surface area contributed by atoms with Gasteiger partial charge in [0, 0.05) is 24.7 Å². The molecule has 0 aromatic heterocycles. The second-order valence-electron chi connectivity index (χ2n) is 4.37. The summed E-state index contributed by atoms with van der Waals surface area (Å²) >= 11 is 0. The minimum Gasteiger partial charge on any atom is -0.393 e. The Morgan fingerprint density at radius 2 is 2.11 bits per heavy atom. The van der Waals surface area contributed by atoms with Crippen LogP contribution in [0.3, 0.4) is 0 Å². The van der Waals surface area contributed by atoms with Gasteiger partial charge in [-0.15, -0.1) is 0 Å². The fourth-order valence-corrected chi connectivity index (χ4v) is 1.60. The molecule has 2 amide bonds. The summed E-state index contributed by atoms with van der Waals surface area (Å²) in [6.07, 6.45) is 0.827. The highest BCUT2D eigenvalue weighted by molar-refractivity contribution is 5.96. The molecule has 1 rings (SSSR count). The number of benzene rings is 1. The Labute approximate surface area is 113 Å². The van der Waals surface area contributed by atoms with Crippen LogP contribution in [0.2, 0.25) is 0 Å². The van der Waals surface area contributed by atoms with Crippen LogP contribution in [0.25, 0.3) is 0 Å². The number of amides is 2. The van der Waals surface area contributed by atoms with Gasteiger partial charge in [0.25, 0.3) is 5.91 Å². The van der Waals surface area contributed by atoms with E-state index in [4.69, 9.17) is 0 Å². The van der Waals surface area contributed by atoms with E-state index in [0.717, 1.165) is 0 Å². The molecule has 0 spiro atoms. The first-order chi connectivity index (χ1) is 9.02. The molecule has 0 aliphatic carbocycles. The lowest BCUT2D eigenvalue weighted by molar-refractivity contribution is -0.114. The van der Waals surface area contributed by atoms with E-state index in [1.807, 2.05) is 6.92 Å². The van der Waals surface area contributed by atoms with E-state index in [2.05, 4.69) is 10.6 Å². The lowest BCUT2D eigenvalue weighted by Gasteiger charge is -2.09. The molecule has 3 N–H and O–H groups in total. The Balaban J connectivity index is 2.54. The van der Waals surface area contributed by atoms with Crippen LogP contribution in [0, 0.1) is 0 Å². The summed E-state index contributed by atoms with van der Waals surface area (Å²) in [4.78, 5) is 22.8. The van der Waals surface area contributed by atoms with Gasteiger partial charge in [0.15, 0.2) is 0 Å². The zero-order chi connectivity index (χ0) is 14.3. The van der Waals surface area contributed by atoms with Crippen molar-refractivity contribution < 1.29 is 14.7 Å². The van der Waals surface area contributed by atoms with Gasteiger partial charge < -0.3 is 15.7 Å². The molecule has 0 saturated heterocycles. The Morgan fingerprint density at radius 3 is 2.74 bits per heavy atom. The average molecular weight is 264 g/mol. The number of hydrogen-bond acceptors (Lipinski definition) is 3. The molecular weight excluding hydrogens is 244 g/mol. The first-order valence-corrected chi connectivity index (χ1v) is 6.36. The van der Waals surface area contributed by atoms with Crippen molar-refractivity contribution in [2.75, 3.05) is 11.9 Å². The first-order valence-electron chi connectivity index (χ1n) is 6.36. The molecule has 104 valence electrons. The maximum Gasteiger partial charge on any atom is 0.251 e. The monoisotopic (exact) mass is 264 g/mol. The smallest absolute Gasteiger partial charge is 0.251 e. The molecule has 1 atom stereocenters. The number of carbonyl (C=O) groups excluding carboxylic acids is 2. The number of aliphatic hydroxyl groups excluding tert-OH is 1. The van der Waals surface area contributed by atoms with Crippen LogP contribution in [0.4, 0.5) is 5.69 Å². The van der Waals surface area contributed by atoms with Crippen LogP contribution in [0.15, 0.2) is 24.3 Å². The molecule has 0 radical (unpaired) electrons. The second kappa shape index (κ2) is 7.53. The molecule has 1 unspecified atom stereocenters. The van der Waals surface area contributed by atoms with Gasteiger partial charge in [-0.3, -0.25) is 9.59 Å². The second-order valence-corrected chi connectivity index (χ2v) is 4.37. The van der Waals surface area contributed by atoms with Crippen molar-refractivity contribution in [3.63, 3.8) is 0 Å². The Hall–Kier alpha value is -1.88. The minimum absolute atomic E-state index is 0.177. The van der Waals surface area contributed by atoms with E-state index < -0.39 is 0 Å². The van der Waals surface area contributed by atoms with Gasteiger partial charge in [0.2, 0.25) is 5.91 Å². The summed E-state index contributed by atoms with van der Waals surface area (Å²) in [7, 11) is 0. The zero-order valence-electron chi connectivity index (χ0n) is 11.3. The third kappa shape index (κ3) is 5.52. The highest BCUT2D eigenvalue weighted by atomic mass is 16.3. The summed E-state index contributed by atoms with van der Waals surface area (Å²) in [5, 5.41) is 14.7. The van der Waals surface area contributed by atoms with Crippen molar-refractivity contribution in [3.8, 4) is 0 Å². The molecule has 5 nitrogen and oxygen atoms in total. The van der Waals surface area contributed by atoms with Crippen LogP contribution in [0.1, 0.15) is 37.0 Å². The van der Waals surface area contributed by atoms with Gasteiger partial charge >= 0.3 is 0 Å². The molecule has 0 fully saturated rings. The summed E-state index contributed by atoms with van der Waals surface area (Å²) < 4.78 is 0. The summed E-state index contributed by atoms with van der Waals surface area (Å²) in [5.41, 5.74) is 1.07. The van der Waals surface area contributed by atoms with E-state index in [1.165, 1.54) is 6.92 Å². The van der Waals surface area contributed by atoms with E-state index in [-0.39, 0.29) is 17.9 Å². The molecule has 0 aliphatic rings. The van der Waals surface area contributed by atoms with Gasteiger partial charge in [-0.05, 0) is 31.0 Å².